The van der Waals surface area contributed by atoms with E-state index in [-0.39, 0.29) is 0 Å². The van der Waals surface area contributed by atoms with Crippen molar-refractivity contribution in [3.8, 4) is 11.5 Å². The number of ether oxygens (including phenoxy) is 2. The van der Waals surface area contributed by atoms with Crippen molar-refractivity contribution in [3.63, 3.8) is 0 Å². The molecule has 0 heterocycles. The second kappa shape index (κ2) is 7.99. The Morgan fingerprint density at radius 2 is 1.96 bits per heavy atom. The van der Waals surface area contributed by atoms with Crippen molar-refractivity contribution in [1.29, 1.82) is 0 Å². The summed E-state index contributed by atoms with van der Waals surface area (Å²) < 4.78 is 11.7. The third-order valence-electron chi connectivity index (χ3n) is 2.97. The van der Waals surface area contributed by atoms with Crippen LogP contribution in [0.25, 0.3) is 6.08 Å². The normalized spacial score (nSPS) is 10.7. The fourth-order valence-electron chi connectivity index (χ4n) is 1.83. The summed E-state index contributed by atoms with van der Waals surface area (Å²) in [5.74, 6) is 1.03. The summed E-state index contributed by atoms with van der Waals surface area (Å²) in [7, 11) is 1.51. The average molecular weight is 399 g/mol. The molecule has 120 valence electrons. The molecule has 0 aliphatic carbocycles. The van der Waals surface area contributed by atoms with E-state index in [0.29, 0.717) is 33.2 Å². The van der Waals surface area contributed by atoms with Crippen LogP contribution < -0.4 is 9.47 Å². The fourth-order valence-corrected chi connectivity index (χ4v) is 2.41. The highest BCUT2D eigenvalue weighted by molar-refractivity contribution is 9.10. The summed E-state index contributed by atoms with van der Waals surface area (Å²) in [5, 5.41) is 11.1. The number of rotatable bonds is 6. The SMILES string of the molecule is COc1cc(/C=C/[N+](=O)[O-])c(Br)cc1OCc1ccc(Cl)cc1. The minimum absolute atomic E-state index is 0.351. The molecule has 0 aromatic heterocycles. The summed E-state index contributed by atoms with van der Waals surface area (Å²) in [6.07, 6.45) is 2.25. The van der Waals surface area contributed by atoms with Gasteiger partial charge in [0.25, 0.3) is 0 Å². The van der Waals surface area contributed by atoms with E-state index in [1.807, 2.05) is 12.1 Å². The molecule has 23 heavy (non-hydrogen) atoms. The minimum atomic E-state index is -0.524. The molecule has 0 fully saturated rings. The first-order valence-corrected chi connectivity index (χ1v) is 7.73. The molecule has 0 aliphatic rings. The Kier molecular flexibility index (Phi) is 6.01. The Morgan fingerprint density at radius 1 is 1.26 bits per heavy atom. The quantitative estimate of drug-likeness (QED) is 0.511. The third-order valence-corrected chi connectivity index (χ3v) is 3.91. The Bertz CT molecular complexity index is 732. The molecule has 0 radical (unpaired) electrons. The van der Waals surface area contributed by atoms with E-state index in [1.165, 1.54) is 13.2 Å². The van der Waals surface area contributed by atoms with Crippen molar-refractivity contribution in [1.82, 2.24) is 0 Å². The fraction of sp³-hybridized carbons (Fsp3) is 0.125. The van der Waals surface area contributed by atoms with Crippen LogP contribution in [0, 0.1) is 10.1 Å². The van der Waals surface area contributed by atoms with Gasteiger partial charge in [-0.3, -0.25) is 10.1 Å². The molecule has 0 unspecified atom stereocenters. The zero-order valence-corrected chi connectivity index (χ0v) is 14.5. The number of nitro groups is 1. The molecular formula is C16H13BrClNO4. The monoisotopic (exact) mass is 397 g/mol. The smallest absolute Gasteiger partial charge is 0.235 e. The second-order valence-electron chi connectivity index (χ2n) is 4.54. The number of benzene rings is 2. The Labute approximate surface area is 146 Å². The second-order valence-corrected chi connectivity index (χ2v) is 5.83. The lowest BCUT2D eigenvalue weighted by Crippen LogP contribution is -1.98. The van der Waals surface area contributed by atoms with E-state index >= 15 is 0 Å². The van der Waals surface area contributed by atoms with Crippen LogP contribution in [0.4, 0.5) is 0 Å². The zero-order valence-electron chi connectivity index (χ0n) is 12.2. The lowest BCUT2D eigenvalue weighted by atomic mass is 10.2. The molecule has 2 aromatic carbocycles. The summed E-state index contributed by atoms with van der Waals surface area (Å²) in [5.41, 5.74) is 1.59. The maximum absolute atomic E-state index is 10.4. The topological polar surface area (TPSA) is 61.6 Å². The highest BCUT2D eigenvalue weighted by Gasteiger charge is 2.10. The largest absolute Gasteiger partial charge is 0.493 e. The number of methoxy groups -OCH3 is 1. The van der Waals surface area contributed by atoms with Gasteiger partial charge in [-0.05, 0) is 35.4 Å². The zero-order chi connectivity index (χ0) is 16.8. The van der Waals surface area contributed by atoms with Gasteiger partial charge in [0.15, 0.2) is 11.5 Å². The van der Waals surface area contributed by atoms with E-state index < -0.39 is 4.92 Å². The molecular weight excluding hydrogens is 386 g/mol. The van der Waals surface area contributed by atoms with Crippen LogP contribution in [-0.2, 0) is 6.61 Å². The van der Waals surface area contributed by atoms with Crippen molar-refractivity contribution < 1.29 is 14.4 Å². The van der Waals surface area contributed by atoms with Crippen LogP contribution in [0.3, 0.4) is 0 Å². The molecule has 0 amide bonds. The van der Waals surface area contributed by atoms with Crippen LogP contribution in [0.1, 0.15) is 11.1 Å². The van der Waals surface area contributed by atoms with Gasteiger partial charge in [0.05, 0.1) is 12.0 Å². The molecule has 0 aliphatic heterocycles. The summed E-state index contributed by atoms with van der Waals surface area (Å²) in [6.45, 7) is 0.351. The number of nitrogens with zero attached hydrogens (tertiary/aromatic N) is 1. The predicted octanol–water partition coefficient (Wildman–Crippen LogP) is 4.94. The van der Waals surface area contributed by atoms with Crippen LogP contribution >= 0.6 is 27.5 Å². The molecule has 0 saturated carbocycles. The molecule has 2 rings (SSSR count). The van der Waals surface area contributed by atoms with Gasteiger partial charge in [-0.15, -0.1) is 0 Å². The van der Waals surface area contributed by atoms with Crippen LogP contribution in [0.15, 0.2) is 47.1 Å². The summed E-state index contributed by atoms with van der Waals surface area (Å²) >= 11 is 9.21. The van der Waals surface area contributed by atoms with Gasteiger partial charge in [0, 0.05) is 15.6 Å². The number of hydrogen-bond acceptors (Lipinski definition) is 4. The molecule has 0 N–H and O–H groups in total. The van der Waals surface area contributed by atoms with Crippen molar-refractivity contribution >= 4 is 33.6 Å². The van der Waals surface area contributed by atoms with Gasteiger partial charge in [-0.25, -0.2) is 0 Å². The van der Waals surface area contributed by atoms with Crippen molar-refractivity contribution in [2.75, 3.05) is 7.11 Å². The van der Waals surface area contributed by atoms with E-state index in [0.717, 1.165) is 11.8 Å². The maximum atomic E-state index is 10.4. The van der Waals surface area contributed by atoms with E-state index in [1.54, 1.807) is 24.3 Å². The number of halogens is 2. The van der Waals surface area contributed by atoms with Gasteiger partial charge >= 0.3 is 0 Å². The first-order chi connectivity index (χ1) is 11.0. The lowest BCUT2D eigenvalue weighted by Gasteiger charge is -2.12. The van der Waals surface area contributed by atoms with Crippen LogP contribution in [0.5, 0.6) is 11.5 Å². The minimum Gasteiger partial charge on any atom is -0.493 e. The van der Waals surface area contributed by atoms with Gasteiger partial charge < -0.3 is 9.47 Å². The molecule has 0 spiro atoms. The Morgan fingerprint density at radius 3 is 2.57 bits per heavy atom. The molecule has 0 saturated heterocycles. The standard InChI is InChI=1S/C16H13BrClNO4/c1-22-15-8-12(6-7-19(20)21)14(17)9-16(15)23-10-11-2-4-13(18)5-3-11/h2-9H,10H2,1H3/b7-6+. The van der Waals surface area contributed by atoms with E-state index in [4.69, 9.17) is 21.1 Å². The van der Waals surface area contributed by atoms with Gasteiger partial charge in [-0.2, -0.15) is 0 Å². The Balaban J connectivity index is 2.19. The molecule has 2 aromatic rings. The highest BCUT2D eigenvalue weighted by atomic mass is 79.9. The summed E-state index contributed by atoms with van der Waals surface area (Å²) in [6, 6.07) is 10.7. The predicted molar refractivity (Wildman–Crippen MR) is 92.5 cm³/mol. The molecule has 0 atom stereocenters. The Hall–Kier alpha value is -2.05. The van der Waals surface area contributed by atoms with Gasteiger partial charge in [0.1, 0.15) is 6.61 Å². The van der Waals surface area contributed by atoms with E-state index in [2.05, 4.69) is 15.9 Å². The van der Waals surface area contributed by atoms with Crippen molar-refractivity contribution in [2.24, 2.45) is 0 Å². The molecule has 7 heteroatoms. The lowest BCUT2D eigenvalue weighted by molar-refractivity contribution is -0.400. The first kappa shape index (κ1) is 17.3. The van der Waals surface area contributed by atoms with Crippen LogP contribution in [-0.4, -0.2) is 12.0 Å². The van der Waals surface area contributed by atoms with Crippen molar-refractivity contribution in [2.45, 2.75) is 6.61 Å². The highest BCUT2D eigenvalue weighted by Crippen LogP contribution is 2.34. The molecule has 0 bridgehead atoms. The first-order valence-electron chi connectivity index (χ1n) is 6.56. The van der Waals surface area contributed by atoms with Crippen LogP contribution in [0.2, 0.25) is 5.02 Å². The van der Waals surface area contributed by atoms with Gasteiger partial charge in [0.2, 0.25) is 6.20 Å². The van der Waals surface area contributed by atoms with E-state index in [9.17, 15) is 10.1 Å². The maximum Gasteiger partial charge on any atom is 0.235 e. The summed E-state index contributed by atoms with van der Waals surface area (Å²) in [4.78, 5) is 9.90. The average Bonchev–Trinajstić information content (AvgIpc) is 2.53. The molecule has 5 nitrogen and oxygen atoms in total. The van der Waals surface area contributed by atoms with Crippen molar-refractivity contribution in [3.05, 3.63) is 73.3 Å². The number of hydrogen-bond donors (Lipinski definition) is 0. The third kappa shape index (κ3) is 4.97. The van der Waals surface area contributed by atoms with Gasteiger partial charge in [-0.1, -0.05) is 39.7 Å².